The highest BCUT2D eigenvalue weighted by Crippen LogP contribution is 2.22. The molecule has 1 unspecified atom stereocenters. The number of carbonyl (C=O) groups is 2. The Morgan fingerprint density at radius 1 is 0.742 bits per heavy atom. The summed E-state index contributed by atoms with van der Waals surface area (Å²) in [5.74, 6) is -0.598. The highest BCUT2D eigenvalue weighted by Gasteiger charge is 2.21. The van der Waals surface area contributed by atoms with Crippen LogP contribution in [0.5, 0.6) is 0 Å². The van der Waals surface area contributed by atoms with E-state index in [4.69, 9.17) is 4.74 Å². The van der Waals surface area contributed by atoms with Gasteiger partial charge in [-0.1, -0.05) is 99.5 Å². The van der Waals surface area contributed by atoms with Gasteiger partial charge in [0.15, 0.2) is 5.78 Å². The third-order valence-corrected chi connectivity index (χ3v) is 5.50. The van der Waals surface area contributed by atoms with Gasteiger partial charge in [0.2, 0.25) is 0 Å². The van der Waals surface area contributed by atoms with Crippen LogP contribution >= 0.6 is 0 Å². The highest BCUT2D eigenvalue weighted by molar-refractivity contribution is 6.14. The lowest BCUT2D eigenvalue weighted by molar-refractivity contribution is 0.0265. The molecule has 3 nitrogen and oxygen atoms in total. The second kappa shape index (κ2) is 11.3. The van der Waals surface area contributed by atoms with E-state index in [0.29, 0.717) is 16.7 Å². The van der Waals surface area contributed by atoms with E-state index in [9.17, 15) is 9.59 Å². The van der Waals surface area contributed by atoms with Gasteiger partial charge in [0.05, 0.1) is 5.56 Å². The van der Waals surface area contributed by atoms with Crippen LogP contribution in [0.2, 0.25) is 0 Å². The summed E-state index contributed by atoms with van der Waals surface area (Å²) in [6, 6.07) is 24.4. The Morgan fingerprint density at radius 2 is 1.35 bits per heavy atom. The minimum atomic E-state index is -0.423. The maximum atomic E-state index is 13.2. The molecule has 0 aliphatic carbocycles. The van der Waals surface area contributed by atoms with E-state index in [-0.39, 0.29) is 11.9 Å². The van der Waals surface area contributed by atoms with Gasteiger partial charge >= 0.3 is 5.97 Å². The summed E-state index contributed by atoms with van der Waals surface area (Å²) in [7, 11) is 0. The quantitative estimate of drug-likeness (QED) is 0.202. The summed E-state index contributed by atoms with van der Waals surface area (Å²) in [5, 5.41) is 0. The second-order valence-electron chi connectivity index (χ2n) is 7.75. The molecule has 160 valence electrons. The number of hydrogen-bond acceptors (Lipinski definition) is 3. The van der Waals surface area contributed by atoms with Crippen molar-refractivity contribution < 1.29 is 14.3 Å². The first-order valence-electron chi connectivity index (χ1n) is 11.1. The van der Waals surface area contributed by atoms with Crippen LogP contribution in [0.4, 0.5) is 0 Å². The van der Waals surface area contributed by atoms with Crippen molar-refractivity contribution in [1.29, 1.82) is 0 Å². The van der Waals surface area contributed by atoms with Gasteiger partial charge in [0, 0.05) is 11.1 Å². The molecule has 0 fully saturated rings. The van der Waals surface area contributed by atoms with Crippen LogP contribution in [-0.4, -0.2) is 17.9 Å². The van der Waals surface area contributed by atoms with Crippen molar-refractivity contribution in [2.75, 3.05) is 0 Å². The normalized spacial score (nSPS) is 11.7. The summed E-state index contributed by atoms with van der Waals surface area (Å²) >= 11 is 0. The Balaban J connectivity index is 1.77. The molecule has 0 saturated carbocycles. The third-order valence-electron chi connectivity index (χ3n) is 5.50. The average molecular weight is 415 g/mol. The zero-order chi connectivity index (χ0) is 22.1. The van der Waals surface area contributed by atoms with Crippen LogP contribution in [0.25, 0.3) is 11.1 Å². The predicted molar refractivity (Wildman–Crippen MR) is 125 cm³/mol. The van der Waals surface area contributed by atoms with Gasteiger partial charge in [-0.3, -0.25) is 4.79 Å². The third kappa shape index (κ3) is 5.91. The maximum Gasteiger partial charge on any atom is 0.339 e. The van der Waals surface area contributed by atoms with E-state index >= 15 is 0 Å². The van der Waals surface area contributed by atoms with Crippen LogP contribution in [0.3, 0.4) is 0 Å². The number of rotatable bonds is 10. The SMILES string of the molecule is CCCCCC(CC)OC(=O)c1ccccc1C(=O)c1ccc(-c2ccccc2)cc1. The molecule has 3 rings (SSSR count). The first-order valence-corrected chi connectivity index (χ1v) is 11.1. The molecule has 31 heavy (non-hydrogen) atoms. The standard InChI is InChI=1S/C28H30O3/c1-3-5-7-14-24(4-2)31-28(30)26-16-11-10-15-25(26)27(29)23-19-17-22(18-20-23)21-12-8-6-9-13-21/h6,8-13,15-20,24H,3-5,7,14H2,1-2H3. The molecule has 3 aromatic carbocycles. The van der Waals surface area contributed by atoms with Gasteiger partial charge in [-0.05, 0) is 36.5 Å². The van der Waals surface area contributed by atoms with E-state index in [0.717, 1.165) is 43.2 Å². The lowest BCUT2D eigenvalue weighted by Crippen LogP contribution is -2.20. The van der Waals surface area contributed by atoms with Gasteiger partial charge in [-0.25, -0.2) is 4.79 Å². The smallest absolute Gasteiger partial charge is 0.339 e. The molecule has 0 aliphatic rings. The van der Waals surface area contributed by atoms with Crippen LogP contribution < -0.4 is 0 Å². The molecule has 0 heterocycles. The van der Waals surface area contributed by atoms with Crippen molar-refractivity contribution in [3.8, 4) is 11.1 Å². The number of carbonyl (C=O) groups excluding carboxylic acids is 2. The Hall–Kier alpha value is -3.20. The highest BCUT2D eigenvalue weighted by atomic mass is 16.5. The predicted octanol–water partition coefficient (Wildman–Crippen LogP) is 7.10. The first-order chi connectivity index (χ1) is 15.1. The van der Waals surface area contributed by atoms with Gasteiger partial charge in [-0.15, -0.1) is 0 Å². The molecule has 0 bridgehead atoms. The molecule has 3 aromatic rings. The minimum absolute atomic E-state index is 0.118. The Labute approximate surface area is 185 Å². The van der Waals surface area contributed by atoms with E-state index < -0.39 is 5.97 Å². The molecule has 3 heteroatoms. The number of esters is 1. The van der Waals surface area contributed by atoms with Crippen LogP contribution in [0.15, 0.2) is 78.9 Å². The second-order valence-corrected chi connectivity index (χ2v) is 7.75. The number of benzene rings is 3. The molecule has 1 atom stereocenters. The Bertz CT molecular complexity index is 990. The van der Waals surface area contributed by atoms with Crippen molar-refractivity contribution >= 4 is 11.8 Å². The van der Waals surface area contributed by atoms with Gasteiger partial charge in [-0.2, -0.15) is 0 Å². The molecular weight excluding hydrogens is 384 g/mol. The summed E-state index contributed by atoms with van der Waals surface area (Å²) in [6.45, 7) is 4.18. The molecule has 0 saturated heterocycles. The van der Waals surface area contributed by atoms with Gasteiger partial charge < -0.3 is 4.74 Å². The topological polar surface area (TPSA) is 43.4 Å². The van der Waals surface area contributed by atoms with Crippen LogP contribution in [0, 0.1) is 0 Å². The fourth-order valence-electron chi connectivity index (χ4n) is 3.64. The molecule has 0 N–H and O–H groups in total. The van der Waals surface area contributed by atoms with Crippen molar-refractivity contribution in [2.24, 2.45) is 0 Å². The number of hydrogen-bond donors (Lipinski definition) is 0. The van der Waals surface area contributed by atoms with Crippen molar-refractivity contribution in [3.05, 3.63) is 95.6 Å². The largest absolute Gasteiger partial charge is 0.459 e. The molecule has 0 aliphatic heterocycles. The van der Waals surface area contributed by atoms with E-state index in [2.05, 4.69) is 6.92 Å². The molecular formula is C28H30O3. The molecule has 0 radical (unpaired) electrons. The van der Waals surface area contributed by atoms with E-state index in [1.807, 2.05) is 61.5 Å². The van der Waals surface area contributed by atoms with Crippen LogP contribution in [0.1, 0.15) is 72.2 Å². The lowest BCUT2D eigenvalue weighted by Gasteiger charge is -2.17. The fourth-order valence-corrected chi connectivity index (χ4v) is 3.64. The number of unbranched alkanes of at least 4 members (excludes halogenated alkanes) is 2. The summed E-state index contributed by atoms with van der Waals surface area (Å²) in [6.07, 6.45) is 4.80. The first kappa shape index (κ1) is 22.5. The summed E-state index contributed by atoms with van der Waals surface area (Å²) < 4.78 is 5.74. The van der Waals surface area contributed by atoms with E-state index in [1.54, 1.807) is 24.3 Å². The minimum Gasteiger partial charge on any atom is -0.459 e. The van der Waals surface area contributed by atoms with Crippen molar-refractivity contribution in [3.63, 3.8) is 0 Å². The summed E-state index contributed by atoms with van der Waals surface area (Å²) in [4.78, 5) is 26.0. The zero-order valence-electron chi connectivity index (χ0n) is 18.3. The number of ketones is 1. The summed E-state index contributed by atoms with van der Waals surface area (Å²) in [5.41, 5.74) is 3.40. The van der Waals surface area contributed by atoms with Gasteiger partial charge in [0.1, 0.15) is 6.10 Å². The Kier molecular flexibility index (Phi) is 8.17. The lowest BCUT2D eigenvalue weighted by atomic mass is 9.96. The van der Waals surface area contributed by atoms with Gasteiger partial charge in [0.25, 0.3) is 0 Å². The van der Waals surface area contributed by atoms with Crippen LogP contribution in [-0.2, 0) is 4.74 Å². The maximum absolute atomic E-state index is 13.2. The molecule has 0 aromatic heterocycles. The molecule has 0 spiro atoms. The zero-order valence-corrected chi connectivity index (χ0v) is 18.3. The van der Waals surface area contributed by atoms with E-state index in [1.165, 1.54) is 0 Å². The monoisotopic (exact) mass is 414 g/mol. The van der Waals surface area contributed by atoms with Crippen molar-refractivity contribution in [1.82, 2.24) is 0 Å². The number of ether oxygens (including phenoxy) is 1. The fraction of sp³-hybridized carbons (Fsp3) is 0.286. The Morgan fingerprint density at radius 3 is 2.00 bits per heavy atom. The average Bonchev–Trinajstić information content (AvgIpc) is 2.83. The molecule has 0 amide bonds. The van der Waals surface area contributed by atoms with Crippen molar-refractivity contribution in [2.45, 2.75) is 52.1 Å².